The van der Waals surface area contributed by atoms with E-state index in [1.54, 1.807) is 0 Å². The van der Waals surface area contributed by atoms with E-state index in [-0.39, 0.29) is 27.9 Å². The highest BCUT2D eigenvalue weighted by Gasteiger charge is 2.69. The normalized spacial score (nSPS) is 53.9. The molecule has 4 heteroatoms. The summed E-state index contributed by atoms with van der Waals surface area (Å²) in [4.78, 5) is 26.1. The van der Waals surface area contributed by atoms with E-state index in [0.29, 0.717) is 11.8 Å². The number of hydrogen-bond donors (Lipinski definition) is 1. The summed E-state index contributed by atoms with van der Waals surface area (Å²) in [5, 5.41) is 10.1. The van der Waals surface area contributed by atoms with E-state index >= 15 is 0 Å². The molecule has 2 bridgehead atoms. The summed E-state index contributed by atoms with van der Waals surface area (Å²) in [5.74, 6) is -0.387. The third-order valence-electron chi connectivity index (χ3n) is 10.7. The highest BCUT2D eigenvalue weighted by atomic mass is 16.5. The molecule has 5 rings (SSSR count). The number of hydrogen-bond acceptors (Lipinski definition) is 3. The fourth-order valence-electron chi connectivity index (χ4n) is 9.06. The van der Waals surface area contributed by atoms with E-state index in [9.17, 15) is 14.7 Å². The van der Waals surface area contributed by atoms with Crippen LogP contribution in [0.2, 0.25) is 0 Å². The lowest BCUT2D eigenvalue weighted by Gasteiger charge is -2.67. The lowest BCUT2D eigenvalue weighted by molar-refractivity contribution is -0.194. The monoisotopic (exact) mass is 400 g/mol. The Labute approximate surface area is 174 Å². The number of rotatable bonds is 1. The molecule has 0 aromatic rings. The van der Waals surface area contributed by atoms with Gasteiger partial charge in [0.2, 0.25) is 0 Å². The third-order valence-corrected chi connectivity index (χ3v) is 10.7. The number of ether oxygens (including phenoxy) is 1. The summed E-state index contributed by atoms with van der Waals surface area (Å²) in [6, 6.07) is 0. The molecule has 0 aromatic carbocycles. The van der Waals surface area contributed by atoms with Gasteiger partial charge in [0.15, 0.2) is 5.78 Å². The Morgan fingerprint density at radius 3 is 2.59 bits per heavy atom. The Balaban J connectivity index is 1.67. The molecule has 1 N–H and O–H groups in total. The number of carboxylic acid groups (broad SMARTS) is 1. The van der Waals surface area contributed by atoms with Crippen LogP contribution < -0.4 is 0 Å². The average molecular weight is 401 g/mol. The Hall–Kier alpha value is -1.16. The molecule has 4 nitrogen and oxygen atoms in total. The molecule has 4 aliphatic carbocycles. The van der Waals surface area contributed by atoms with Crippen molar-refractivity contribution < 1.29 is 19.4 Å². The fourth-order valence-corrected chi connectivity index (χ4v) is 9.06. The number of carbonyl (C=O) groups is 2. The van der Waals surface area contributed by atoms with Crippen molar-refractivity contribution in [2.24, 2.45) is 45.3 Å². The fraction of sp³-hybridized carbons (Fsp3) is 0.840. The van der Waals surface area contributed by atoms with Crippen LogP contribution in [-0.2, 0) is 14.3 Å². The lowest BCUT2D eigenvalue weighted by atomic mass is 9.36. The quantitative estimate of drug-likeness (QED) is 0.682. The second kappa shape index (κ2) is 5.96. The first-order valence-corrected chi connectivity index (χ1v) is 11.7. The van der Waals surface area contributed by atoms with Crippen LogP contribution in [0.4, 0.5) is 0 Å². The summed E-state index contributed by atoms with van der Waals surface area (Å²) >= 11 is 0. The lowest BCUT2D eigenvalue weighted by Crippen LogP contribution is -2.66. The molecule has 0 aromatic heterocycles. The van der Waals surface area contributed by atoms with Gasteiger partial charge in [0.05, 0.1) is 19.1 Å². The van der Waals surface area contributed by atoms with Crippen LogP contribution in [-0.4, -0.2) is 30.1 Å². The molecule has 5 aliphatic rings. The van der Waals surface area contributed by atoms with Gasteiger partial charge in [-0.1, -0.05) is 39.7 Å². The van der Waals surface area contributed by atoms with Crippen molar-refractivity contribution in [1.29, 1.82) is 0 Å². The SMILES string of the molecule is CC1CCC2(C)C3CCC4C5(C)CCCC4(COC5)C3=CC(=O)C2(C)C1C(=O)O. The zero-order valence-corrected chi connectivity index (χ0v) is 18.4. The molecule has 1 heterocycles. The molecule has 0 radical (unpaired) electrons. The Morgan fingerprint density at radius 1 is 1.10 bits per heavy atom. The summed E-state index contributed by atoms with van der Waals surface area (Å²) in [6.45, 7) is 10.2. The van der Waals surface area contributed by atoms with E-state index in [0.717, 1.165) is 38.9 Å². The van der Waals surface area contributed by atoms with Gasteiger partial charge in [-0.25, -0.2) is 0 Å². The van der Waals surface area contributed by atoms with Crippen molar-refractivity contribution in [3.8, 4) is 0 Å². The van der Waals surface area contributed by atoms with Crippen LogP contribution in [0.5, 0.6) is 0 Å². The number of carboxylic acids is 1. The first kappa shape index (κ1) is 19.8. The van der Waals surface area contributed by atoms with Gasteiger partial charge < -0.3 is 9.84 Å². The van der Waals surface area contributed by atoms with Crippen LogP contribution in [0.1, 0.15) is 72.6 Å². The van der Waals surface area contributed by atoms with Crippen LogP contribution in [0.3, 0.4) is 0 Å². The Morgan fingerprint density at radius 2 is 1.86 bits per heavy atom. The minimum Gasteiger partial charge on any atom is -0.481 e. The second-order valence-corrected chi connectivity index (χ2v) is 11.8. The molecule has 4 fully saturated rings. The zero-order valence-electron chi connectivity index (χ0n) is 18.4. The van der Waals surface area contributed by atoms with Gasteiger partial charge in [-0.05, 0) is 73.2 Å². The van der Waals surface area contributed by atoms with E-state index in [2.05, 4.69) is 13.8 Å². The Bertz CT molecular complexity index is 787. The number of ketones is 1. The molecular formula is C25H36O4. The summed E-state index contributed by atoms with van der Waals surface area (Å²) in [6.07, 6.45) is 9.60. The maximum absolute atomic E-state index is 13.8. The van der Waals surface area contributed by atoms with Crippen molar-refractivity contribution in [2.75, 3.05) is 13.2 Å². The van der Waals surface area contributed by atoms with Gasteiger partial charge in [0, 0.05) is 10.8 Å². The minimum atomic E-state index is -0.818. The molecule has 8 atom stereocenters. The van der Waals surface area contributed by atoms with E-state index in [1.807, 2.05) is 19.9 Å². The maximum Gasteiger partial charge on any atom is 0.307 e. The first-order chi connectivity index (χ1) is 13.6. The molecule has 1 aliphatic heterocycles. The number of allylic oxidation sites excluding steroid dienone is 1. The molecule has 8 unspecified atom stereocenters. The van der Waals surface area contributed by atoms with E-state index in [4.69, 9.17) is 4.74 Å². The minimum absolute atomic E-state index is 0.00402. The van der Waals surface area contributed by atoms with Crippen molar-refractivity contribution >= 4 is 11.8 Å². The average Bonchev–Trinajstić information content (AvgIpc) is 2.64. The molecule has 0 amide bonds. The van der Waals surface area contributed by atoms with Gasteiger partial charge in [-0.2, -0.15) is 0 Å². The van der Waals surface area contributed by atoms with E-state index < -0.39 is 17.3 Å². The zero-order chi connectivity index (χ0) is 20.8. The Kier molecular flexibility index (Phi) is 4.07. The van der Waals surface area contributed by atoms with Crippen LogP contribution in [0.25, 0.3) is 0 Å². The van der Waals surface area contributed by atoms with Crippen molar-refractivity contribution in [2.45, 2.75) is 72.6 Å². The van der Waals surface area contributed by atoms with Gasteiger partial charge in [0.1, 0.15) is 0 Å². The molecule has 29 heavy (non-hydrogen) atoms. The predicted octanol–water partition coefficient (Wildman–Crippen LogP) is 4.87. The summed E-state index contributed by atoms with van der Waals surface area (Å²) in [5.41, 5.74) is 0.451. The van der Waals surface area contributed by atoms with Crippen LogP contribution in [0, 0.1) is 45.3 Å². The highest BCUT2D eigenvalue weighted by molar-refractivity contribution is 6.00. The third kappa shape index (κ3) is 2.20. The van der Waals surface area contributed by atoms with Gasteiger partial charge in [-0.3, -0.25) is 9.59 Å². The standard InChI is InChI=1S/C25H36O4/c1-15-8-11-23(3)16-6-7-18-22(2)9-5-10-25(18,14-29-13-22)17(16)12-19(26)24(23,4)20(15)21(27)28/h12,15-16,18,20H,5-11,13-14H2,1-4H3,(H,27,28). The number of aliphatic carboxylic acids is 1. The number of fused-ring (bicyclic) bond motifs is 3. The largest absolute Gasteiger partial charge is 0.481 e. The molecule has 160 valence electrons. The summed E-state index contributed by atoms with van der Waals surface area (Å²) in [7, 11) is 0. The van der Waals surface area contributed by atoms with Gasteiger partial charge in [-0.15, -0.1) is 0 Å². The molecule has 1 saturated heterocycles. The second-order valence-electron chi connectivity index (χ2n) is 11.8. The number of carbonyl (C=O) groups excluding carboxylic acids is 1. The predicted molar refractivity (Wildman–Crippen MR) is 110 cm³/mol. The highest BCUT2D eigenvalue weighted by Crippen LogP contribution is 2.71. The van der Waals surface area contributed by atoms with Crippen LogP contribution in [0.15, 0.2) is 11.6 Å². The van der Waals surface area contributed by atoms with Crippen LogP contribution >= 0.6 is 0 Å². The molecule has 3 saturated carbocycles. The summed E-state index contributed by atoms with van der Waals surface area (Å²) < 4.78 is 6.21. The maximum atomic E-state index is 13.8. The smallest absolute Gasteiger partial charge is 0.307 e. The van der Waals surface area contributed by atoms with Gasteiger partial charge in [0.25, 0.3) is 0 Å². The van der Waals surface area contributed by atoms with Crippen molar-refractivity contribution in [3.63, 3.8) is 0 Å². The topological polar surface area (TPSA) is 63.6 Å². The van der Waals surface area contributed by atoms with Crippen molar-refractivity contribution in [1.82, 2.24) is 0 Å². The van der Waals surface area contributed by atoms with Gasteiger partial charge >= 0.3 is 5.97 Å². The van der Waals surface area contributed by atoms with Crippen molar-refractivity contribution in [3.05, 3.63) is 11.6 Å². The van der Waals surface area contributed by atoms with E-state index in [1.165, 1.54) is 24.8 Å². The first-order valence-electron chi connectivity index (χ1n) is 11.7. The molecule has 0 spiro atoms. The molecular weight excluding hydrogens is 364 g/mol.